The Morgan fingerprint density at radius 1 is 1.20 bits per heavy atom. The third-order valence-corrected chi connectivity index (χ3v) is 3.32. The summed E-state index contributed by atoms with van der Waals surface area (Å²) in [6, 6.07) is 12.8. The maximum atomic E-state index is 12.2. The van der Waals surface area contributed by atoms with Crippen LogP contribution in [0.4, 0.5) is 5.69 Å². The van der Waals surface area contributed by atoms with Crippen molar-refractivity contribution in [1.29, 1.82) is 0 Å². The molecule has 0 aromatic heterocycles. The molecule has 0 radical (unpaired) electrons. The molecule has 20 heavy (non-hydrogen) atoms. The summed E-state index contributed by atoms with van der Waals surface area (Å²) in [7, 11) is 0. The van der Waals surface area contributed by atoms with Gasteiger partial charge in [0.2, 0.25) is 0 Å². The highest BCUT2D eigenvalue weighted by atomic mass is 35.5. The van der Waals surface area contributed by atoms with Crippen molar-refractivity contribution in [2.75, 3.05) is 0 Å². The zero-order valence-corrected chi connectivity index (χ0v) is 11.9. The second kappa shape index (κ2) is 6.36. The summed E-state index contributed by atoms with van der Waals surface area (Å²) < 4.78 is 0. The molecule has 0 saturated carbocycles. The normalized spacial score (nSPS) is 10.1. The molecule has 100 valence electrons. The van der Waals surface area contributed by atoms with Crippen LogP contribution < -0.4 is 0 Å². The average molecular weight is 284 g/mol. The standard InChI is InChI=1S/C17H14ClNO/c1-12-9-14(11-16(10-12)19-2)17(20)8-5-13-3-6-15(18)7-4-13/h3-4,6-7,9-11H,5,8H2,1H3. The Labute approximate surface area is 123 Å². The van der Waals surface area contributed by atoms with E-state index in [1.165, 1.54) is 0 Å². The van der Waals surface area contributed by atoms with E-state index < -0.39 is 0 Å². The zero-order chi connectivity index (χ0) is 14.5. The number of halogens is 1. The molecular weight excluding hydrogens is 270 g/mol. The lowest BCUT2D eigenvalue weighted by Crippen LogP contribution is -2.01. The van der Waals surface area contributed by atoms with Gasteiger partial charge in [0.15, 0.2) is 11.5 Å². The molecule has 2 aromatic rings. The van der Waals surface area contributed by atoms with Crippen molar-refractivity contribution in [3.05, 3.63) is 75.6 Å². The first kappa shape index (κ1) is 14.3. The van der Waals surface area contributed by atoms with E-state index >= 15 is 0 Å². The van der Waals surface area contributed by atoms with Crippen LogP contribution in [0.25, 0.3) is 4.85 Å². The molecule has 0 fully saturated rings. The average Bonchev–Trinajstić information content (AvgIpc) is 2.45. The van der Waals surface area contributed by atoms with Gasteiger partial charge in [0.05, 0.1) is 6.57 Å². The van der Waals surface area contributed by atoms with Gasteiger partial charge in [-0.05, 0) is 37.1 Å². The molecule has 0 aliphatic rings. The van der Waals surface area contributed by atoms with Gasteiger partial charge in [0, 0.05) is 17.0 Å². The highest BCUT2D eigenvalue weighted by Crippen LogP contribution is 2.19. The van der Waals surface area contributed by atoms with Crippen molar-refractivity contribution < 1.29 is 4.79 Å². The quantitative estimate of drug-likeness (QED) is 0.570. The Morgan fingerprint density at radius 2 is 1.90 bits per heavy atom. The van der Waals surface area contributed by atoms with Crippen molar-refractivity contribution in [3.8, 4) is 0 Å². The second-order valence-electron chi connectivity index (χ2n) is 4.72. The Morgan fingerprint density at radius 3 is 2.55 bits per heavy atom. The van der Waals surface area contributed by atoms with Crippen LogP contribution in [0.2, 0.25) is 5.02 Å². The molecule has 2 nitrogen and oxygen atoms in total. The Kier molecular flexibility index (Phi) is 4.55. The SMILES string of the molecule is [C-]#[N+]c1cc(C)cc(C(=O)CCc2ccc(Cl)cc2)c1. The maximum absolute atomic E-state index is 12.2. The van der Waals surface area contributed by atoms with Gasteiger partial charge < -0.3 is 0 Å². The van der Waals surface area contributed by atoms with Crippen LogP contribution in [-0.2, 0) is 6.42 Å². The number of carbonyl (C=O) groups is 1. The number of hydrogen-bond acceptors (Lipinski definition) is 1. The highest BCUT2D eigenvalue weighted by Gasteiger charge is 2.08. The van der Waals surface area contributed by atoms with E-state index in [2.05, 4.69) is 4.85 Å². The Hall–Kier alpha value is -2.11. The number of aryl methyl sites for hydroxylation is 2. The first-order valence-electron chi connectivity index (χ1n) is 6.35. The molecule has 0 N–H and O–H groups in total. The molecule has 2 rings (SSSR count). The predicted molar refractivity (Wildman–Crippen MR) is 81.5 cm³/mol. The highest BCUT2D eigenvalue weighted by molar-refractivity contribution is 6.30. The summed E-state index contributed by atoms with van der Waals surface area (Å²) in [4.78, 5) is 15.6. The molecule has 0 spiro atoms. The lowest BCUT2D eigenvalue weighted by molar-refractivity contribution is 0.0983. The van der Waals surface area contributed by atoms with E-state index in [0.29, 0.717) is 29.1 Å². The summed E-state index contributed by atoms with van der Waals surface area (Å²) in [5.41, 5.74) is 3.15. The molecule has 3 heteroatoms. The molecule has 0 amide bonds. The fourth-order valence-electron chi connectivity index (χ4n) is 2.04. The maximum Gasteiger partial charge on any atom is 0.188 e. The summed E-state index contributed by atoms with van der Waals surface area (Å²) in [6.45, 7) is 8.93. The fraction of sp³-hybridized carbons (Fsp3) is 0.176. The molecule has 2 aromatic carbocycles. The second-order valence-corrected chi connectivity index (χ2v) is 5.16. The number of rotatable bonds is 4. The molecule has 0 heterocycles. The van der Waals surface area contributed by atoms with Crippen LogP contribution in [0.15, 0.2) is 42.5 Å². The minimum Gasteiger partial charge on any atom is -0.294 e. The van der Waals surface area contributed by atoms with Crippen LogP contribution in [0.1, 0.15) is 27.9 Å². The number of nitrogens with zero attached hydrogens (tertiary/aromatic N) is 1. The molecule has 0 aliphatic carbocycles. The van der Waals surface area contributed by atoms with Crippen LogP contribution in [-0.4, -0.2) is 5.78 Å². The van der Waals surface area contributed by atoms with Gasteiger partial charge in [-0.1, -0.05) is 41.4 Å². The third-order valence-electron chi connectivity index (χ3n) is 3.07. The number of Topliss-reactive ketones (excluding diaryl/α,β-unsaturated/α-hetero) is 1. The van der Waals surface area contributed by atoms with Gasteiger partial charge in [0.25, 0.3) is 0 Å². The van der Waals surface area contributed by atoms with Crippen molar-refractivity contribution >= 4 is 23.1 Å². The van der Waals surface area contributed by atoms with E-state index in [9.17, 15) is 4.79 Å². The number of benzene rings is 2. The van der Waals surface area contributed by atoms with Crippen LogP contribution in [0, 0.1) is 13.5 Å². The molecule has 0 saturated heterocycles. The number of carbonyl (C=O) groups excluding carboxylic acids is 1. The molecule has 0 aliphatic heterocycles. The van der Waals surface area contributed by atoms with Gasteiger partial charge in [-0.2, -0.15) is 0 Å². The van der Waals surface area contributed by atoms with Gasteiger partial charge in [-0.25, -0.2) is 4.85 Å². The summed E-state index contributed by atoms with van der Waals surface area (Å²) in [6.07, 6.45) is 1.11. The van der Waals surface area contributed by atoms with E-state index in [4.69, 9.17) is 18.2 Å². The molecular formula is C17H14ClNO. The van der Waals surface area contributed by atoms with Crippen molar-refractivity contribution in [2.45, 2.75) is 19.8 Å². The van der Waals surface area contributed by atoms with Gasteiger partial charge in [-0.15, -0.1) is 0 Å². The molecule has 0 bridgehead atoms. The third kappa shape index (κ3) is 3.69. The fourth-order valence-corrected chi connectivity index (χ4v) is 2.17. The minimum atomic E-state index is 0.0635. The Bertz CT molecular complexity index is 668. The van der Waals surface area contributed by atoms with Crippen LogP contribution in [0.5, 0.6) is 0 Å². The topological polar surface area (TPSA) is 21.4 Å². The van der Waals surface area contributed by atoms with Gasteiger partial charge in [-0.3, -0.25) is 4.79 Å². The van der Waals surface area contributed by atoms with Crippen LogP contribution >= 0.6 is 11.6 Å². The number of ketones is 1. The largest absolute Gasteiger partial charge is 0.294 e. The van der Waals surface area contributed by atoms with E-state index in [0.717, 1.165) is 11.1 Å². The predicted octanol–water partition coefficient (Wildman–Crippen LogP) is 5.01. The van der Waals surface area contributed by atoms with Gasteiger partial charge >= 0.3 is 0 Å². The first-order chi connectivity index (χ1) is 9.58. The lowest BCUT2D eigenvalue weighted by Gasteiger charge is -2.04. The summed E-state index contributed by atoms with van der Waals surface area (Å²) >= 11 is 5.83. The zero-order valence-electron chi connectivity index (χ0n) is 11.2. The van der Waals surface area contributed by atoms with E-state index in [1.807, 2.05) is 37.3 Å². The summed E-state index contributed by atoms with van der Waals surface area (Å²) in [5, 5.41) is 0.695. The smallest absolute Gasteiger partial charge is 0.188 e. The Balaban J connectivity index is 2.07. The molecule has 0 unspecified atom stereocenters. The van der Waals surface area contributed by atoms with Crippen LogP contribution in [0.3, 0.4) is 0 Å². The lowest BCUT2D eigenvalue weighted by atomic mass is 10.0. The molecule has 0 atom stereocenters. The van der Waals surface area contributed by atoms with E-state index in [-0.39, 0.29) is 5.78 Å². The van der Waals surface area contributed by atoms with Crippen molar-refractivity contribution in [1.82, 2.24) is 0 Å². The monoisotopic (exact) mass is 283 g/mol. The van der Waals surface area contributed by atoms with E-state index in [1.54, 1.807) is 12.1 Å². The minimum absolute atomic E-state index is 0.0635. The first-order valence-corrected chi connectivity index (χ1v) is 6.73. The van der Waals surface area contributed by atoms with Crippen molar-refractivity contribution in [2.24, 2.45) is 0 Å². The van der Waals surface area contributed by atoms with Gasteiger partial charge in [0.1, 0.15) is 0 Å². The number of hydrogen-bond donors (Lipinski definition) is 0. The van der Waals surface area contributed by atoms with Crippen molar-refractivity contribution in [3.63, 3.8) is 0 Å². The summed E-state index contributed by atoms with van der Waals surface area (Å²) in [5.74, 6) is 0.0635.